The minimum absolute atomic E-state index is 0.00140. The van der Waals surface area contributed by atoms with Gasteiger partial charge in [0.05, 0.1) is 35.6 Å². The number of carbonyl (C=O) groups excluding carboxylic acids is 6. The number of rotatable bonds is 10. The molecule has 6 rings (SSSR count). The maximum Gasteiger partial charge on any atom is 0.338 e. The number of hydrogen-bond acceptors (Lipinski definition) is 14. The molecule has 2 aromatic rings. The summed E-state index contributed by atoms with van der Waals surface area (Å²) in [6, 6.07) is 14.8. The molecule has 1 amide bonds. The first-order valence-corrected chi connectivity index (χ1v) is 19.9. The van der Waals surface area contributed by atoms with Crippen LogP contribution in [0.1, 0.15) is 90.2 Å². The number of carbonyl (C=O) groups is 6. The number of allylic oxidation sites excluding steroid dienone is 1. The number of nitrogens with one attached hydrogen (secondary N) is 1. The first kappa shape index (κ1) is 44.3. The van der Waals surface area contributed by atoms with Gasteiger partial charge in [-0.1, -0.05) is 68.5 Å². The second kappa shape index (κ2) is 16.3. The lowest BCUT2D eigenvalue weighted by Gasteiger charge is -2.67. The smallest absolute Gasteiger partial charge is 0.338 e. The largest absolute Gasteiger partial charge is 0.456 e. The third kappa shape index (κ3) is 7.24. The van der Waals surface area contributed by atoms with Crippen molar-refractivity contribution in [3.05, 3.63) is 94.6 Å². The van der Waals surface area contributed by atoms with E-state index in [0.29, 0.717) is 11.1 Å². The van der Waals surface area contributed by atoms with Gasteiger partial charge in [-0.25, -0.2) is 9.59 Å². The zero-order valence-corrected chi connectivity index (χ0v) is 34.9. The van der Waals surface area contributed by atoms with Gasteiger partial charge in [-0.3, -0.25) is 19.2 Å². The summed E-state index contributed by atoms with van der Waals surface area (Å²) in [6.45, 7) is 11.2. The highest BCUT2D eigenvalue weighted by atomic mass is 16.6. The Morgan fingerprint density at radius 3 is 2.08 bits per heavy atom. The molecule has 3 fully saturated rings. The number of esters is 4. The molecule has 2 bridgehead atoms. The third-order valence-corrected chi connectivity index (χ3v) is 13.2. The second-order valence-corrected chi connectivity index (χ2v) is 17.0. The summed E-state index contributed by atoms with van der Waals surface area (Å²) in [4.78, 5) is 82.9. The first-order valence-electron chi connectivity index (χ1n) is 19.9. The van der Waals surface area contributed by atoms with Gasteiger partial charge in [-0.05, 0) is 56.5 Å². The average Bonchev–Trinajstić information content (AvgIpc) is 3.20. The van der Waals surface area contributed by atoms with Gasteiger partial charge < -0.3 is 44.3 Å². The molecule has 60 heavy (non-hydrogen) atoms. The summed E-state index contributed by atoms with van der Waals surface area (Å²) in [5, 5.41) is 40.0. The minimum Gasteiger partial charge on any atom is -0.456 e. The summed E-state index contributed by atoms with van der Waals surface area (Å²) in [5.41, 5.74) is -6.91. The third-order valence-electron chi connectivity index (χ3n) is 13.2. The van der Waals surface area contributed by atoms with Crippen LogP contribution in [0.4, 0.5) is 0 Å². The fourth-order valence-electron chi connectivity index (χ4n) is 9.75. The van der Waals surface area contributed by atoms with Crippen LogP contribution in [0.2, 0.25) is 0 Å². The Morgan fingerprint density at radius 1 is 0.917 bits per heavy atom. The van der Waals surface area contributed by atoms with Crippen molar-refractivity contribution in [2.45, 2.75) is 122 Å². The maximum atomic E-state index is 15.4. The molecule has 4 N–H and O–H groups in total. The van der Waals surface area contributed by atoms with Crippen LogP contribution in [0.25, 0.3) is 0 Å². The van der Waals surface area contributed by atoms with Gasteiger partial charge in [-0.2, -0.15) is 0 Å². The summed E-state index contributed by atoms with van der Waals surface area (Å²) in [7, 11) is 0. The van der Waals surface area contributed by atoms with Gasteiger partial charge in [0.2, 0.25) is 5.91 Å². The van der Waals surface area contributed by atoms with Crippen molar-refractivity contribution in [3.8, 4) is 0 Å². The molecule has 0 aromatic heterocycles. The van der Waals surface area contributed by atoms with E-state index in [1.54, 1.807) is 82.3 Å². The number of fused-ring (bicyclic) bond motifs is 5. The Balaban J connectivity index is 1.56. The van der Waals surface area contributed by atoms with Crippen LogP contribution in [-0.4, -0.2) is 105 Å². The summed E-state index contributed by atoms with van der Waals surface area (Å²) < 4.78 is 30.2. The highest BCUT2D eigenvalue weighted by Gasteiger charge is 2.78. The van der Waals surface area contributed by atoms with E-state index in [1.165, 1.54) is 26.0 Å². The molecule has 15 nitrogen and oxygen atoms in total. The van der Waals surface area contributed by atoms with Crippen molar-refractivity contribution in [2.24, 2.45) is 16.7 Å². The van der Waals surface area contributed by atoms with Crippen molar-refractivity contribution in [3.63, 3.8) is 0 Å². The Kier molecular flexibility index (Phi) is 12.1. The molecule has 11 atom stereocenters. The van der Waals surface area contributed by atoms with Crippen molar-refractivity contribution >= 4 is 35.6 Å². The molecule has 1 aliphatic heterocycles. The monoisotopic (exact) mass is 831 g/mol. The number of ether oxygens (including phenoxy) is 5. The zero-order chi connectivity index (χ0) is 44.1. The molecule has 1 unspecified atom stereocenters. The molecular formula is C45H53NO14. The highest BCUT2D eigenvalue weighted by Crippen LogP contribution is 2.64. The van der Waals surface area contributed by atoms with Gasteiger partial charge >= 0.3 is 23.9 Å². The fraction of sp³-hybridized carbons (Fsp3) is 0.511. The van der Waals surface area contributed by atoms with Crippen molar-refractivity contribution < 1.29 is 67.8 Å². The standard InChI is InChI=1S/C45H53NO14/c1-9-23(2)39(52)46-33(27-16-12-10-13-17-27)34(50)41(54)58-29-21-45(55)38(59-40(53)28-18-14-11-15-19-28)36-43(8,30(49)20-31-44(36,22-56-31)60-26(5)48)37(51)35(57-25(4)47)32(24(29)3)42(45,6)7/h9-19,29-31,33-36,38,49-50,55H,20-22H2,1-8H3,(H,46,52)/t29-,30-,31+,33-,34-,35-,36?,38+,43-,44+,45+/m1/s1. The SMILES string of the molecule is CC=C(C)C(=O)N[C@H](c1ccccc1)[C@@H](O)C(=O)O[C@@H]1C[C@]2(O)[C@@H](OC(=O)c3ccccc3)C3[C@](C)(C(=O)[C@H](OC(C)=O)C(=C1C)C2(C)C)[C@H](O)C[C@@H]1OC[C@@]31OC(C)=O. The number of Topliss-reactive ketones (excluding diaryl/α,β-unsaturated/α-hetero) is 1. The fourth-order valence-corrected chi connectivity index (χ4v) is 9.75. The molecule has 1 heterocycles. The quantitative estimate of drug-likeness (QED) is 0.117. The Hall–Kier alpha value is -5.22. The van der Waals surface area contributed by atoms with E-state index in [4.69, 9.17) is 23.7 Å². The van der Waals surface area contributed by atoms with E-state index in [9.17, 15) is 39.3 Å². The molecule has 2 saturated carbocycles. The summed E-state index contributed by atoms with van der Waals surface area (Å²) in [6.07, 6.45) is -8.88. The van der Waals surface area contributed by atoms with Crippen LogP contribution >= 0.6 is 0 Å². The Morgan fingerprint density at radius 2 is 1.53 bits per heavy atom. The van der Waals surface area contributed by atoms with Crippen LogP contribution in [-0.2, 0) is 47.7 Å². The predicted molar refractivity (Wildman–Crippen MR) is 211 cm³/mol. The van der Waals surface area contributed by atoms with E-state index in [2.05, 4.69) is 5.32 Å². The van der Waals surface area contributed by atoms with Gasteiger partial charge in [0.1, 0.15) is 23.9 Å². The normalized spacial score (nSPS) is 32.9. The predicted octanol–water partition coefficient (Wildman–Crippen LogP) is 3.39. The van der Waals surface area contributed by atoms with Crippen molar-refractivity contribution in [2.75, 3.05) is 6.61 Å². The van der Waals surface area contributed by atoms with Crippen LogP contribution in [0.15, 0.2) is 83.5 Å². The number of amides is 1. The molecule has 0 spiro atoms. The van der Waals surface area contributed by atoms with E-state index in [-0.39, 0.29) is 29.7 Å². The summed E-state index contributed by atoms with van der Waals surface area (Å²) >= 11 is 0. The lowest BCUT2D eigenvalue weighted by Crippen LogP contribution is -2.82. The summed E-state index contributed by atoms with van der Waals surface area (Å²) in [5.74, 6) is -6.78. The first-order chi connectivity index (χ1) is 28.1. The number of ketones is 1. The topological polar surface area (TPSA) is 221 Å². The van der Waals surface area contributed by atoms with Gasteiger partial charge in [-0.15, -0.1) is 0 Å². The average molecular weight is 832 g/mol. The van der Waals surface area contributed by atoms with E-state index in [1.807, 2.05) is 0 Å². The molecule has 4 aliphatic rings. The van der Waals surface area contributed by atoms with Gasteiger partial charge in [0.15, 0.2) is 23.6 Å². The van der Waals surface area contributed by atoms with Gasteiger partial charge in [0, 0.05) is 37.7 Å². The molecule has 3 aliphatic carbocycles. The van der Waals surface area contributed by atoms with E-state index < -0.39 is 113 Å². The van der Waals surface area contributed by atoms with Crippen LogP contribution < -0.4 is 5.32 Å². The second-order valence-electron chi connectivity index (χ2n) is 17.0. The van der Waals surface area contributed by atoms with Crippen molar-refractivity contribution in [1.29, 1.82) is 0 Å². The van der Waals surface area contributed by atoms with Crippen LogP contribution in [0.3, 0.4) is 0 Å². The van der Waals surface area contributed by atoms with Gasteiger partial charge in [0.25, 0.3) is 0 Å². The lowest BCUT2D eigenvalue weighted by atomic mass is 9.44. The number of hydrogen-bond donors (Lipinski definition) is 4. The van der Waals surface area contributed by atoms with Crippen molar-refractivity contribution in [1.82, 2.24) is 5.32 Å². The van der Waals surface area contributed by atoms with E-state index >= 15 is 4.79 Å². The van der Waals surface area contributed by atoms with Crippen LogP contribution in [0, 0.1) is 16.7 Å². The molecule has 2 aromatic carbocycles. The number of aliphatic hydroxyl groups excluding tert-OH is 2. The number of aliphatic hydroxyl groups is 3. The minimum atomic E-state index is -2.38. The zero-order valence-electron chi connectivity index (χ0n) is 34.9. The Labute approximate surface area is 348 Å². The Bertz CT molecular complexity index is 2110. The lowest BCUT2D eigenvalue weighted by molar-refractivity contribution is -0.346. The molecular weight excluding hydrogens is 778 g/mol. The molecule has 322 valence electrons. The van der Waals surface area contributed by atoms with E-state index in [0.717, 1.165) is 13.8 Å². The van der Waals surface area contributed by atoms with Crippen LogP contribution in [0.5, 0.6) is 0 Å². The molecule has 1 saturated heterocycles. The molecule has 15 heteroatoms. The maximum absolute atomic E-state index is 15.4. The number of benzene rings is 2. The molecule has 0 radical (unpaired) electrons. The highest BCUT2D eigenvalue weighted by molar-refractivity contribution is 5.96.